The van der Waals surface area contributed by atoms with E-state index < -0.39 is 17.5 Å². The van der Waals surface area contributed by atoms with Crippen LogP contribution in [0.15, 0.2) is 24.3 Å². The zero-order valence-corrected chi connectivity index (χ0v) is 21.9. The van der Waals surface area contributed by atoms with Crippen molar-refractivity contribution in [2.75, 3.05) is 32.9 Å². The summed E-state index contributed by atoms with van der Waals surface area (Å²) in [5.41, 5.74) is -0.269. The molecule has 3 aliphatic heterocycles. The number of hydrogen-bond donors (Lipinski definition) is 0. The average molecular weight is 526 g/mol. The van der Waals surface area contributed by atoms with Crippen molar-refractivity contribution >= 4 is 5.91 Å². The Morgan fingerprint density at radius 3 is 2.51 bits per heavy atom. The summed E-state index contributed by atoms with van der Waals surface area (Å²) < 4.78 is 58.4. The van der Waals surface area contributed by atoms with Crippen LogP contribution in [0.4, 0.5) is 17.6 Å². The first-order chi connectivity index (χ1) is 17.6. The number of amides is 1. The molecule has 0 bridgehead atoms. The topological polar surface area (TPSA) is 36.0 Å². The summed E-state index contributed by atoms with van der Waals surface area (Å²) in [5.74, 6) is 0.793. The van der Waals surface area contributed by atoms with Gasteiger partial charge < -0.3 is 14.5 Å². The molecule has 0 aromatic heterocycles. The molecule has 1 aliphatic carbocycles. The zero-order chi connectivity index (χ0) is 26.4. The van der Waals surface area contributed by atoms with Crippen LogP contribution in [0.2, 0.25) is 0 Å². The van der Waals surface area contributed by atoms with Crippen LogP contribution in [0.5, 0.6) is 0 Å². The summed E-state index contributed by atoms with van der Waals surface area (Å²) in [6.45, 7) is 7.58. The van der Waals surface area contributed by atoms with Crippen molar-refractivity contribution in [3.8, 4) is 0 Å². The van der Waals surface area contributed by atoms with Crippen LogP contribution in [0, 0.1) is 11.8 Å². The highest BCUT2D eigenvalue weighted by atomic mass is 19.4. The summed E-state index contributed by atoms with van der Waals surface area (Å²) in [6.07, 6.45) is 0.128. The molecule has 4 unspecified atom stereocenters. The predicted molar refractivity (Wildman–Crippen MR) is 132 cm³/mol. The van der Waals surface area contributed by atoms with E-state index in [1.165, 1.54) is 12.1 Å². The molecule has 1 amide bonds. The van der Waals surface area contributed by atoms with Gasteiger partial charge >= 0.3 is 6.18 Å². The number of hydrogen-bond acceptors (Lipinski definition) is 4. The molecule has 1 spiro atoms. The average Bonchev–Trinajstić information content (AvgIpc) is 3.23. The molecule has 1 aromatic rings. The Kier molecular flexibility index (Phi) is 7.59. The van der Waals surface area contributed by atoms with Crippen LogP contribution in [0.3, 0.4) is 0 Å². The predicted octanol–water partition coefficient (Wildman–Crippen LogP) is 5.09. The SMILES string of the molecule is CC(C)C1COC23CCC(N(Cc4ccc(C(F)(F)F)cc4)C4CN(CCCF)C4)CC2CCC(=O)N13. The van der Waals surface area contributed by atoms with Crippen LogP contribution in [0.25, 0.3) is 0 Å². The van der Waals surface area contributed by atoms with Gasteiger partial charge in [-0.2, -0.15) is 13.2 Å². The second-order valence-electron chi connectivity index (χ2n) is 11.7. The Hall–Kier alpha value is -1.71. The number of likely N-dealkylation sites (tertiary alicyclic amines) is 1. The van der Waals surface area contributed by atoms with Crippen molar-refractivity contribution in [1.82, 2.24) is 14.7 Å². The first-order valence-electron chi connectivity index (χ1n) is 13.8. The lowest BCUT2D eigenvalue weighted by molar-refractivity contribution is -0.194. The molecule has 9 heteroatoms. The Morgan fingerprint density at radius 1 is 1.14 bits per heavy atom. The normalized spacial score (nSPS) is 31.1. The number of halogens is 4. The number of rotatable bonds is 8. The summed E-state index contributed by atoms with van der Waals surface area (Å²) in [6, 6.07) is 6.19. The Bertz CT molecular complexity index is 950. The highest BCUT2D eigenvalue weighted by Gasteiger charge is 2.59. The van der Waals surface area contributed by atoms with Crippen LogP contribution in [-0.2, 0) is 22.3 Å². The number of carbonyl (C=O) groups excluding carboxylic acids is 1. The number of ether oxygens (including phenoxy) is 1. The molecule has 5 rings (SSSR count). The van der Waals surface area contributed by atoms with Gasteiger partial charge in [-0.25, -0.2) is 0 Å². The highest BCUT2D eigenvalue weighted by molar-refractivity contribution is 5.78. The van der Waals surface area contributed by atoms with Gasteiger partial charge in [-0.15, -0.1) is 0 Å². The molecule has 37 heavy (non-hydrogen) atoms. The van der Waals surface area contributed by atoms with Crippen LogP contribution in [-0.4, -0.2) is 77.4 Å². The van der Waals surface area contributed by atoms with Gasteiger partial charge in [-0.05, 0) is 55.7 Å². The quantitative estimate of drug-likeness (QED) is 0.443. The van der Waals surface area contributed by atoms with Crippen LogP contribution in [0.1, 0.15) is 63.5 Å². The van der Waals surface area contributed by atoms with Crippen molar-refractivity contribution in [3.05, 3.63) is 35.4 Å². The maximum atomic E-state index is 13.1. The van der Waals surface area contributed by atoms with Gasteiger partial charge in [0.15, 0.2) is 0 Å². The van der Waals surface area contributed by atoms with Gasteiger partial charge in [-0.3, -0.25) is 14.1 Å². The minimum absolute atomic E-state index is 0.116. The highest BCUT2D eigenvalue weighted by Crippen LogP contribution is 2.51. The van der Waals surface area contributed by atoms with E-state index in [1.807, 2.05) is 0 Å². The maximum Gasteiger partial charge on any atom is 0.416 e. The van der Waals surface area contributed by atoms with Crippen molar-refractivity contribution in [2.24, 2.45) is 11.8 Å². The Labute approximate surface area is 217 Å². The van der Waals surface area contributed by atoms with E-state index in [-0.39, 0.29) is 36.6 Å². The fraction of sp³-hybridized carbons (Fsp3) is 0.750. The minimum Gasteiger partial charge on any atom is -0.353 e. The molecule has 4 aliphatic rings. The van der Waals surface area contributed by atoms with Gasteiger partial charge in [0, 0.05) is 50.6 Å². The first-order valence-corrected chi connectivity index (χ1v) is 13.8. The third-order valence-corrected chi connectivity index (χ3v) is 9.15. The van der Waals surface area contributed by atoms with Crippen molar-refractivity contribution < 1.29 is 27.1 Å². The summed E-state index contributed by atoms with van der Waals surface area (Å²) in [7, 11) is 0. The third-order valence-electron chi connectivity index (χ3n) is 9.15. The molecule has 3 saturated heterocycles. The number of nitrogens with zero attached hydrogens (tertiary/aromatic N) is 3. The van der Waals surface area contributed by atoms with E-state index in [0.29, 0.717) is 31.9 Å². The summed E-state index contributed by atoms with van der Waals surface area (Å²) in [4.78, 5) is 19.8. The number of carbonyl (C=O) groups is 1. The van der Waals surface area contributed by atoms with Crippen molar-refractivity contribution in [3.63, 3.8) is 0 Å². The monoisotopic (exact) mass is 525 g/mol. The Morgan fingerprint density at radius 2 is 1.86 bits per heavy atom. The molecule has 3 heterocycles. The van der Waals surface area contributed by atoms with Crippen LogP contribution >= 0.6 is 0 Å². The van der Waals surface area contributed by atoms with E-state index in [1.54, 1.807) is 12.1 Å². The molecule has 4 atom stereocenters. The summed E-state index contributed by atoms with van der Waals surface area (Å²) >= 11 is 0. The van der Waals surface area contributed by atoms with E-state index in [9.17, 15) is 22.4 Å². The van der Waals surface area contributed by atoms with Crippen LogP contribution < -0.4 is 0 Å². The van der Waals surface area contributed by atoms with E-state index in [2.05, 4.69) is 28.5 Å². The molecule has 0 N–H and O–H groups in total. The number of benzene rings is 1. The second-order valence-corrected chi connectivity index (χ2v) is 11.7. The smallest absolute Gasteiger partial charge is 0.353 e. The van der Waals surface area contributed by atoms with Gasteiger partial charge in [0.05, 0.1) is 24.9 Å². The van der Waals surface area contributed by atoms with Gasteiger partial charge in [0.2, 0.25) is 5.91 Å². The van der Waals surface area contributed by atoms with E-state index >= 15 is 0 Å². The van der Waals surface area contributed by atoms with E-state index in [0.717, 1.165) is 50.9 Å². The van der Waals surface area contributed by atoms with Gasteiger partial charge in [-0.1, -0.05) is 26.0 Å². The second kappa shape index (κ2) is 10.5. The van der Waals surface area contributed by atoms with Gasteiger partial charge in [0.25, 0.3) is 0 Å². The van der Waals surface area contributed by atoms with E-state index in [4.69, 9.17) is 4.74 Å². The molecular weight excluding hydrogens is 486 g/mol. The van der Waals surface area contributed by atoms with Gasteiger partial charge in [0.1, 0.15) is 5.72 Å². The molecule has 5 nitrogen and oxygen atoms in total. The lowest BCUT2D eigenvalue weighted by Gasteiger charge is -2.56. The standard InChI is InChI=1S/C28H39F4N3O2/c1-19(2)25-18-37-27-11-10-23(14-22(27)8-9-26(36)35(25)27)34(24-16-33(17-24)13-3-12-29)15-20-4-6-21(7-5-20)28(30,31)32/h4-7,19,22-25H,3,8-18H2,1-2H3. The lowest BCUT2D eigenvalue weighted by Crippen LogP contribution is -2.66. The molecule has 206 valence electrons. The lowest BCUT2D eigenvalue weighted by atomic mass is 9.72. The zero-order valence-electron chi connectivity index (χ0n) is 21.9. The Balaban J connectivity index is 1.33. The molecule has 0 radical (unpaired) electrons. The minimum atomic E-state index is -4.35. The molecule has 4 fully saturated rings. The fourth-order valence-corrected chi connectivity index (χ4v) is 7.10. The summed E-state index contributed by atoms with van der Waals surface area (Å²) in [5, 5.41) is 0. The first kappa shape index (κ1) is 26.9. The third kappa shape index (κ3) is 5.15. The number of alkyl halides is 4. The van der Waals surface area contributed by atoms with Crippen molar-refractivity contribution in [1.29, 1.82) is 0 Å². The molecular formula is C28H39F4N3O2. The fourth-order valence-electron chi connectivity index (χ4n) is 7.10. The maximum absolute atomic E-state index is 13.1. The van der Waals surface area contributed by atoms with Crippen molar-refractivity contribution in [2.45, 2.75) is 88.9 Å². The largest absolute Gasteiger partial charge is 0.416 e. The molecule has 1 saturated carbocycles. The molecule has 1 aromatic carbocycles. The number of piperidine rings is 1.